The van der Waals surface area contributed by atoms with Crippen molar-refractivity contribution in [3.63, 3.8) is 0 Å². The summed E-state index contributed by atoms with van der Waals surface area (Å²) < 4.78 is 17.3. The molecule has 0 aliphatic carbocycles. The molecule has 2 N–H and O–H groups in total. The molecule has 0 unspecified atom stereocenters. The molecule has 0 fully saturated rings. The van der Waals surface area contributed by atoms with Crippen molar-refractivity contribution in [3.05, 3.63) is 58.3 Å². The highest BCUT2D eigenvalue weighted by atomic mass is 35.5. The summed E-state index contributed by atoms with van der Waals surface area (Å²) in [5.41, 5.74) is 3.09. The number of aryl methyl sites for hydroxylation is 2. The van der Waals surface area contributed by atoms with E-state index >= 15 is 0 Å². The highest BCUT2D eigenvalue weighted by molar-refractivity contribution is 7.80. The molecule has 2 heterocycles. The third-order valence-electron chi connectivity index (χ3n) is 4.01. The van der Waals surface area contributed by atoms with Gasteiger partial charge in [-0.2, -0.15) is 10.2 Å². The van der Waals surface area contributed by atoms with Gasteiger partial charge in [-0.3, -0.25) is 9.36 Å². The molecule has 2 aromatic heterocycles. The summed E-state index contributed by atoms with van der Waals surface area (Å²) in [6.45, 7) is 4.09. The van der Waals surface area contributed by atoms with Crippen molar-refractivity contribution in [2.75, 3.05) is 10.6 Å². The maximum atomic E-state index is 13.9. The predicted molar refractivity (Wildman–Crippen MR) is 105 cm³/mol. The van der Waals surface area contributed by atoms with Crippen LogP contribution < -0.4 is 10.6 Å². The number of nitrogens with one attached hydrogen (secondary N) is 2. The van der Waals surface area contributed by atoms with Gasteiger partial charge >= 0.3 is 0 Å². The maximum Gasteiger partial charge on any atom is 0.176 e. The molecule has 3 aromatic rings. The van der Waals surface area contributed by atoms with Crippen LogP contribution in [-0.2, 0) is 13.6 Å². The van der Waals surface area contributed by atoms with Crippen molar-refractivity contribution in [1.29, 1.82) is 0 Å². The number of aromatic nitrogens is 4. The van der Waals surface area contributed by atoms with E-state index in [-0.39, 0.29) is 12.4 Å². The highest BCUT2D eigenvalue weighted by Crippen LogP contribution is 2.21. The van der Waals surface area contributed by atoms with Crippen LogP contribution in [0, 0.1) is 19.7 Å². The smallest absolute Gasteiger partial charge is 0.176 e. The third kappa shape index (κ3) is 3.86. The average Bonchev–Trinajstić information content (AvgIpc) is 3.11. The number of halogens is 2. The van der Waals surface area contributed by atoms with Crippen molar-refractivity contribution in [2.45, 2.75) is 20.4 Å². The van der Waals surface area contributed by atoms with Gasteiger partial charge in [0.15, 0.2) is 10.9 Å². The van der Waals surface area contributed by atoms with Gasteiger partial charge in [-0.05, 0) is 38.2 Å². The number of nitrogens with zero attached hydrogens (tertiary/aromatic N) is 4. The van der Waals surface area contributed by atoms with Gasteiger partial charge in [-0.25, -0.2) is 4.39 Å². The topological polar surface area (TPSA) is 59.7 Å². The number of rotatable bonds is 4. The van der Waals surface area contributed by atoms with Gasteiger partial charge in [0.2, 0.25) is 0 Å². The number of hydrogen-bond donors (Lipinski definition) is 2. The van der Waals surface area contributed by atoms with E-state index < -0.39 is 0 Å². The Labute approximate surface area is 161 Å². The Hall–Kier alpha value is -2.45. The zero-order valence-electron chi connectivity index (χ0n) is 14.5. The lowest BCUT2D eigenvalue weighted by atomic mass is 10.2. The zero-order chi connectivity index (χ0) is 18.8. The van der Waals surface area contributed by atoms with E-state index in [1.54, 1.807) is 33.8 Å². The molecule has 6 nitrogen and oxygen atoms in total. The minimum atomic E-state index is -0.359. The zero-order valence-corrected chi connectivity index (χ0v) is 16.1. The lowest BCUT2D eigenvalue weighted by molar-refractivity contribution is 0.586. The van der Waals surface area contributed by atoms with Crippen molar-refractivity contribution < 1.29 is 4.39 Å². The van der Waals surface area contributed by atoms with Crippen LogP contribution in [0.2, 0.25) is 5.02 Å². The van der Waals surface area contributed by atoms with Crippen LogP contribution in [0.25, 0.3) is 0 Å². The van der Waals surface area contributed by atoms with E-state index in [9.17, 15) is 4.39 Å². The van der Waals surface area contributed by atoms with Crippen LogP contribution in [-0.4, -0.2) is 24.7 Å². The van der Waals surface area contributed by atoms with Gasteiger partial charge in [0.1, 0.15) is 5.82 Å². The summed E-state index contributed by atoms with van der Waals surface area (Å²) in [5, 5.41) is 15.6. The highest BCUT2D eigenvalue weighted by Gasteiger charge is 2.12. The van der Waals surface area contributed by atoms with Gasteiger partial charge in [0.25, 0.3) is 0 Å². The second-order valence-electron chi connectivity index (χ2n) is 5.85. The first-order valence-corrected chi connectivity index (χ1v) is 8.68. The first-order chi connectivity index (χ1) is 12.3. The Bertz CT molecular complexity index is 944. The lowest BCUT2D eigenvalue weighted by Gasteiger charge is -2.09. The van der Waals surface area contributed by atoms with Crippen LogP contribution >= 0.6 is 23.8 Å². The van der Waals surface area contributed by atoms with Crippen molar-refractivity contribution in [2.24, 2.45) is 7.05 Å². The molecular formula is C17H18ClFN6S. The quantitative estimate of drug-likeness (QED) is 0.660. The number of benzene rings is 1. The number of thiocarbonyl (C=S) groups is 1. The molecule has 0 aliphatic rings. The molecule has 3 rings (SSSR count). The van der Waals surface area contributed by atoms with Crippen LogP contribution in [0.3, 0.4) is 0 Å². The van der Waals surface area contributed by atoms with Gasteiger partial charge in [0.05, 0.1) is 23.6 Å². The molecule has 9 heteroatoms. The van der Waals surface area contributed by atoms with Crippen molar-refractivity contribution in [3.8, 4) is 0 Å². The Morgan fingerprint density at radius 2 is 2.00 bits per heavy atom. The number of anilines is 2. The fourth-order valence-electron chi connectivity index (χ4n) is 2.58. The average molecular weight is 393 g/mol. The predicted octanol–water partition coefficient (Wildman–Crippen LogP) is 3.88. The normalized spacial score (nSPS) is 10.8. The van der Waals surface area contributed by atoms with Gasteiger partial charge in [-0.15, -0.1) is 0 Å². The SMILES string of the molecule is Cc1nn(C)c(C)c1NC(=S)Nc1ccn(Cc2c(F)cccc2Cl)n1. The molecule has 0 atom stereocenters. The largest absolute Gasteiger partial charge is 0.329 e. The van der Waals surface area contributed by atoms with Crippen molar-refractivity contribution >= 4 is 40.4 Å². The van der Waals surface area contributed by atoms with E-state index in [4.69, 9.17) is 23.8 Å². The molecule has 26 heavy (non-hydrogen) atoms. The minimum Gasteiger partial charge on any atom is -0.329 e. The van der Waals surface area contributed by atoms with E-state index in [0.717, 1.165) is 17.1 Å². The fourth-order valence-corrected chi connectivity index (χ4v) is 3.01. The first kappa shape index (κ1) is 18.3. The van der Waals surface area contributed by atoms with Crippen LogP contribution in [0.5, 0.6) is 0 Å². The molecule has 0 bridgehead atoms. The fraction of sp³-hybridized carbons (Fsp3) is 0.235. The monoisotopic (exact) mass is 392 g/mol. The van der Waals surface area contributed by atoms with Crippen LogP contribution in [0.1, 0.15) is 17.0 Å². The molecule has 1 aromatic carbocycles. The third-order valence-corrected chi connectivity index (χ3v) is 4.57. The molecule has 0 spiro atoms. The summed E-state index contributed by atoms with van der Waals surface area (Å²) in [5.74, 6) is 0.191. The minimum absolute atomic E-state index is 0.230. The van der Waals surface area contributed by atoms with E-state index in [0.29, 0.717) is 21.5 Å². The summed E-state index contributed by atoms with van der Waals surface area (Å²) in [4.78, 5) is 0. The second-order valence-corrected chi connectivity index (χ2v) is 6.66. The summed E-state index contributed by atoms with van der Waals surface area (Å²) in [6, 6.07) is 6.36. The van der Waals surface area contributed by atoms with Gasteiger partial charge in [0, 0.05) is 29.9 Å². The Balaban J connectivity index is 1.67. The van der Waals surface area contributed by atoms with E-state index in [1.165, 1.54) is 6.07 Å². The van der Waals surface area contributed by atoms with Crippen molar-refractivity contribution in [1.82, 2.24) is 19.6 Å². The summed E-state index contributed by atoms with van der Waals surface area (Å²) in [6.07, 6.45) is 1.73. The van der Waals surface area contributed by atoms with E-state index in [1.807, 2.05) is 20.9 Å². The summed E-state index contributed by atoms with van der Waals surface area (Å²) >= 11 is 11.4. The summed E-state index contributed by atoms with van der Waals surface area (Å²) in [7, 11) is 1.87. The second kappa shape index (κ2) is 7.43. The number of hydrogen-bond acceptors (Lipinski definition) is 3. The molecular weight excluding hydrogens is 375 g/mol. The molecule has 0 saturated carbocycles. The lowest BCUT2D eigenvalue weighted by Crippen LogP contribution is -2.20. The Morgan fingerprint density at radius 1 is 1.23 bits per heavy atom. The standard InChI is InChI=1S/C17H18ClFN6S/c1-10-16(11(2)24(3)22-10)21-17(26)20-15-7-8-25(23-15)9-12-13(18)5-4-6-14(12)19/h4-8H,9H2,1-3H3,(H2,20,21,23,26). The molecule has 0 radical (unpaired) electrons. The van der Waals surface area contributed by atoms with Crippen LogP contribution in [0.4, 0.5) is 15.9 Å². The molecule has 136 valence electrons. The maximum absolute atomic E-state index is 13.9. The Morgan fingerprint density at radius 3 is 2.65 bits per heavy atom. The van der Waals surface area contributed by atoms with Gasteiger partial charge < -0.3 is 10.6 Å². The molecule has 0 aliphatic heterocycles. The molecule has 0 saturated heterocycles. The first-order valence-electron chi connectivity index (χ1n) is 7.89. The Kier molecular flexibility index (Phi) is 5.24. The van der Waals surface area contributed by atoms with E-state index in [2.05, 4.69) is 20.8 Å². The van der Waals surface area contributed by atoms with Crippen LogP contribution in [0.15, 0.2) is 30.5 Å². The molecule has 0 amide bonds. The van der Waals surface area contributed by atoms with Gasteiger partial charge in [-0.1, -0.05) is 17.7 Å².